The maximum absolute atomic E-state index is 10.8. The average Bonchev–Trinajstić information content (AvgIpc) is 2.36. The summed E-state index contributed by atoms with van der Waals surface area (Å²) in [6, 6.07) is 4.70. The highest BCUT2D eigenvalue weighted by Gasteiger charge is 2.13. The van der Waals surface area contributed by atoms with E-state index in [2.05, 4.69) is 10.3 Å². The summed E-state index contributed by atoms with van der Waals surface area (Å²) in [5, 5.41) is 14.8. The molecule has 0 spiro atoms. The van der Waals surface area contributed by atoms with Gasteiger partial charge in [-0.3, -0.25) is 10.1 Å². The van der Waals surface area contributed by atoms with Crippen LogP contribution in [0, 0.1) is 10.1 Å². The first kappa shape index (κ1) is 12.6. The molecular formula is C12H12ClN3O2. The summed E-state index contributed by atoms with van der Waals surface area (Å²) < 4.78 is 0. The number of nitrogens with one attached hydrogen (secondary N) is 1. The number of fused-ring (bicyclic) bond motifs is 1. The van der Waals surface area contributed by atoms with E-state index in [0.717, 1.165) is 17.8 Å². The number of anilines is 1. The van der Waals surface area contributed by atoms with Gasteiger partial charge in [0.05, 0.1) is 15.5 Å². The number of hydrogen-bond acceptors (Lipinski definition) is 4. The molecule has 0 amide bonds. The highest BCUT2D eigenvalue weighted by Crippen LogP contribution is 2.30. The van der Waals surface area contributed by atoms with Gasteiger partial charge in [-0.15, -0.1) is 0 Å². The standard InChI is InChI=1S/C12H12ClN3O2/c1-3-7-4-8-5-9(16(17)18)6-10(13)11(8)15-12(7)14-2/h4-6H,3H2,1-2H3,(H,14,15). The third-order valence-electron chi connectivity index (χ3n) is 2.76. The van der Waals surface area contributed by atoms with Crippen molar-refractivity contribution < 1.29 is 4.92 Å². The van der Waals surface area contributed by atoms with Crippen LogP contribution < -0.4 is 5.32 Å². The highest BCUT2D eigenvalue weighted by atomic mass is 35.5. The minimum Gasteiger partial charge on any atom is -0.373 e. The maximum atomic E-state index is 10.8. The largest absolute Gasteiger partial charge is 0.373 e. The minimum atomic E-state index is -0.455. The summed E-state index contributed by atoms with van der Waals surface area (Å²) in [7, 11) is 1.78. The van der Waals surface area contributed by atoms with Gasteiger partial charge in [0, 0.05) is 24.6 Å². The minimum absolute atomic E-state index is 0.0199. The number of nitro groups is 1. The van der Waals surface area contributed by atoms with Crippen molar-refractivity contribution in [2.75, 3.05) is 12.4 Å². The number of aromatic nitrogens is 1. The number of pyridine rings is 1. The average molecular weight is 266 g/mol. The zero-order valence-electron chi connectivity index (χ0n) is 10.0. The molecular weight excluding hydrogens is 254 g/mol. The van der Waals surface area contributed by atoms with E-state index >= 15 is 0 Å². The molecule has 0 atom stereocenters. The predicted octanol–water partition coefficient (Wildman–Crippen LogP) is 3.40. The van der Waals surface area contributed by atoms with Gasteiger partial charge in [-0.05, 0) is 18.1 Å². The Labute approximate surface area is 109 Å². The van der Waals surface area contributed by atoms with Crippen LogP contribution in [0.25, 0.3) is 10.9 Å². The topological polar surface area (TPSA) is 68.1 Å². The molecule has 0 aliphatic rings. The lowest BCUT2D eigenvalue weighted by Crippen LogP contribution is -1.99. The number of hydrogen-bond donors (Lipinski definition) is 1. The molecule has 6 heteroatoms. The van der Waals surface area contributed by atoms with Crippen LogP contribution in [0.3, 0.4) is 0 Å². The van der Waals surface area contributed by atoms with Gasteiger partial charge in [0.2, 0.25) is 0 Å². The van der Waals surface area contributed by atoms with Crippen molar-refractivity contribution in [2.24, 2.45) is 0 Å². The zero-order valence-corrected chi connectivity index (χ0v) is 10.8. The van der Waals surface area contributed by atoms with Crippen molar-refractivity contribution in [3.05, 3.63) is 38.9 Å². The molecule has 0 radical (unpaired) electrons. The van der Waals surface area contributed by atoms with Gasteiger partial charge in [-0.25, -0.2) is 4.98 Å². The molecule has 2 aromatic rings. The van der Waals surface area contributed by atoms with E-state index in [4.69, 9.17) is 11.6 Å². The second-order valence-electron chi connectivity index (χ2n) is 3.86. The highest BCUT2D eigenvalue weighted by molar-refractivity contribution is 6.35. The number of nitrogens with zero attached hydrogens (tertiary/aromatic N) is 2. The van der Waals surface area contributed by atoms with E-state index in [0.29, 0.717) is 15.9 Å². The van der Waals surface area contributed by atoms with E-state index in [-0.39, 0.29) is 5.69 Å². The summed E-state index contributed by atoms with van der Waals surface area (Å²) in [4.78, 5) is 14.7. The van der Waals surface area contributed by atoms with E-state index in [1.165, 1.54) is 12.1 Å². The Bertz CT molecular complexity index is 628. The summed E-state index contributed by atoms with van der Waals surface area (Å²) in [5.74, 6) is 0.751. The van der Waals surface area contributed by atoms with E-state index in [9.17, 15) is 10.1 Å². The second-order valence-corrected chi connectivity index (χ2v) is 4.26. The lowest BCUT2D eigenvalue weighted by atomic mass is 10.1. The lowest BCUT2D eigenvalue weighted by molar-refractivity contribution is -0.384. The molecule has 0 fully saturated rings. The van der Waals surface area contributed by atoms with Gasteiger partial charge in [0.25, 0.3) is 5.69 Å². The third-order valence-corrected chi connectivity index (χ3v) is 3.05. The fourth-order valence-electron chi connectivity index (χ4n) is 1.86. The molecule has 5 nitrogen and oxygen atoms in total. The molecule has 2 rings (SSSR count). The Morgan fingerprint density at radius 3 is 2.72 bits per heavy atom. The SMILES string of the molecule is CCc1cc2cc([N+](=O)[O-])cc(Cl)c2nc1NC. The number of aryl methyl sites for hydroxylation is 1. The molecule has 0 aliphatic heterocycles. The van der Waals surface area contributed by atoms with Crippen molar-refractivity contribution in [1.29, 1.82) is 0 Å². The Balaban J connectivity index is 2.76. The van der Waals surface area contributed by atoms with Crippen molar-refractivity contribution >= 4 is 34.0 Å². The third kappa shape index (κ3) is 2.09. The van der Waals surface area contributed by atoms with Crippen molar-refractivity contribution in [3.8, 4) is 0 Å². The Kier molecular flexibility index (Phi) is 3.34. The number of benzene rings is 1. The molecule has 94 valence electrons. The Morgan fingerprint density at radius 2 is 2.17 bits per heavy atom. The van der Waals surface area contributed by atoms with Crippen LogP contribution in [0.4, 0.5) is 11.5 Å². The van der Waals surface area contributed by atoms with Gasteiger partial charge in [0.1, 0.15) is 5.82 Å². The van der Waals surface area contributed by atoms with Crippen LogP contribution in [-0.4, -0.2) is 17.0 Å². The lowest BCUT2D eigenvalue weighted by Gasteiger charge is -2.09. The fraction of sp³-hybridized carbons (Fsp3) is 0.250. The monoisotopic (exact) mass is 265 g/mol. The maximum Gasteiger partial charge on any atom is 0.271 e. The van der Waals surface area contributed by atoms with Crippen LogP contribution in [-0.2, 0) is 6.42 Å². The molecule has 0 aliphatic carbocycles. The molecule has 1 aromatic carbocycles. The van der Waals surface area contributed by atoms with E-state index in [1.54, 1.807) is 7.05 Å². The fourth-order valence-corrected chi connectivity index (χ4v) is 2.13. The van der Waals surface area contributed by atoms with Crippen molar-refractivity contribution in [1.82, 2.24) is 4.98 Å². The first-order valence-corrected chi connectivity index (χ1v) is 5.90. The normalized spacial score (nSPS) is 10.6. The van der Waals surface area contributed by atoms with Gasteiger partial charge >= 0.3 is 0 Å². The molecule has 0 saturated carbocycles. The zero-order chi connectivity index (χ0) is 13.3. The number of non-ortho nitro benzene ring substituents is 1. The Morgan fingerprint density at radius 1 is 1.44 bits per heavy atom. The summed E-state index contributed by atoms with van der Waals surface area (Å²) in [6.45, 7) is 2.00. The molecule has 0 bridgehead atoms. The first-order valence-electron chi connectivity index (χ1n) is 5.52. The summed E-state index contributed by atoms with van der Waals surface area (Å²) >= 11 is 6.04. The quantitative estimate of drug-likeness (QED) is 0.682. The molecule has 1 N–H and O–H groups in total. The van der Waals surface area contributed by atoms with E-state index in [1.807, 2.05) is 13.0 Å². The molecule has 1 heterocycles. The predicted molar refractivity (Wildman–Crippen MR) is 72.3 cm³/mol. The second kappa shape index (κ2) is 4.78. The van der Waals surface area contributed by atoms with E-state index < -0.39 is 4.92 Å². The van der Waals surface area contributed by atoms with Crippen LogP contribution in [0.15, 0.2) is 18.2 Å². The van der Waals surface area contributed by atoms with Crippen molar-refractivity contribution in [2.45, 2.75) is 13.3 Å². The number of halogens is 1. The molecule has 0 unspecified atom stereocenters. The number of rotatable bonds is 3. The van der Waals surface area contributed by atoms with Crippen LogP contribution in [0.5, 0.6) is 0 Å². The summed E-state index contributed by atoms with van der Waals surface area (Å²) in [5.41, 5.74) is 1.55. The van der Waals surface area contributed by atoms with Crippen LogP contribution in [0.1, 0.15) is 12.5 Å². The van der Waals surface area contributed by atoms with Gasteiger partial charge in [-0.2, -0.15) is 0 Å². The van der Waals surface area contributed by atoms with Crippen molar-refractivity contribution in [3.63, 3.8) is 0 Å². The Hall–Kier alpha value is -1.88. The number of nitro benzene ring substituents is 1. The van der Waals surface area contributed by atoms with Crippen LogP contribution in [0.2, 0.25) is 5.02 Å². The van der Waals surface area contributed by atoms with Gasteiger partial charge in [-0.1, -0.05) is 18.5 Å². The van der Waals surface area contributed by atoms with Crippen LogP contribution >= 0.6 is 11.6 Å². The molecule has 1 aromatic heterocycles. The van der Waals surface area contributed by atoms with Gasteiger partial charge in [0.15, 0.2) is 0 Å². The van der Waals surface area contributed by atoms with Gasteiger partial charge < -0.3 is 5.32 Å². The first-order chi connectivity index (χ1) is 8.56. The molecule has 18 heavy (non-hydrogen) atoms. The summed E-state index contributed by atoms with van der Waals surface area (Å²) in [6.07, 6.45) is 0.791. The molecule has 0 saturated heterocycles. The smallest absolute Gasteiger partial charge is 0.271 e.